The van der Waals surface area contributed by atoms with Gasteiger partial charge in [0, 0.05) is 28.6 Å². The second-order valence-corrected chi connectivity index (χ2v) is 9.79. The van der Waals surface area contributed by atoms with Crippen LogP contribution in [-0.2, 0) is 11.2 Å². The predicted octanol–water partition coefficient (Wildman–Crippen LogP) is 4.15. The molecule has 178 valence electrons. The van der Waals surface area contributed by atoms with E-state index in [1.54, 1.807) is 16.9 Å². The highest BCUT2D eigenvalue weighted by atomic mass is 16.5. The number of fused-ring (bicyclic) bond motifs is 3. The molecular formula is C28H29N5O2. The van der Waals surface area contributed by atoms with Gasteiger partial charge in [0.15, 0.2) is 0 Å². The van der Waals surface area contributed by atoms with Crippen molar-refractivity contribution in [2.45, 2.75) is 51.5 Å². The molecule has 0 radical (unpaired) electrons. The molecule has 3 aliphatic carbocycles. The quantitative estimate of drug-likeness (QED) is 0.527. The highest BCUT2D eigenvalue weighted by Gasteiger charge is 2.52. The number of aromatic nitrogens is 3. The van der Waals surface area contributed by atoms with Gasteiger partial charge in [-0.25, -0.2) is 4.52 Å². The molecule has 3 aliphatic rings. The Morgan fingerprint density at radius 2 is 2.11 bits per heavy atom. The van der Waals surface area contributed by atoms with Gasteiger partial charge in [-0.05, 0) is 74.8 Å². The number of hydrogen-bond acceptors (Lipinski definition) is 5. The third-order valence-corrected chi connectivity index (χ3v) is 7.91. The topological polar surface area (TPSA) is 92.3 Å². The summed E-state index contributed by atoms with van der Waals surface area (Å²) in [6.45, 7) is 4.62. The zero-order chi connectivity index (χ0) is 24.6. The third kappa shape index (κ3) is 4.12. The molecule has 7 heteroatoms. The molecular weight excluding hydrogens is 438 g/mol. The van der Waals surface area contributed by atoms with Crippen molar-refractivity contribution in [1.29, 1.82) is 5.26 Å². The summed E-state index contributed by atoms with van der Waals surface area (Å²) in [5.74, 6) is 4.36. The van der Waals surface area contributed by atoms with E-state index in [1.165, 1.54) is 6.42 Å². The van der Waals surface area contributed by atoms with E-state index in [4.69, 9.17) is 16.1 Å². The fourth-order valence-corrected chi connectivity index (χ4v) is 6.16. The number of amides is 1. The van der Waals surface area contributed by atoms with Gasteiger partial charge in [-0.2, -0.15) is 10.4 Å². The molecule has 35 heavy (non-hydrogen) atoms. The van der Waals surface area contributed by atoms with Crippen molar-refractivity contribution < 1.29 is 9.53 Å². The Hall–Kier alpha value is -3.84. The maximum Gasteiger partial charge on any atom is 0.296 e. The number of nitrogens with zero attached hydrogens (tertiary/aromatic N) is 4. The zero-order valence-electron chi connectivity index (χ0n) is 20.1. The van der Waals surface area contributed by atoms with Gasteiger partial charge >= 0.3 is 0 Å². The lowest BCUT2D eigenvalue weighted by molar-refractivity contribution is -0.121. The van der Waals surface area contributed by atoms with Crippen LogP contribution in [0.4, 0.5) is 0 Å². The van der Waals surface area contributed by atoms with Crippen LogP contribution in [0.5, 0.6) is 5.75 Å². The summed E-state index contributed by atoms with van der Waals surface area (Å²) >= 11 is 0. The van der Waals surface area contributed by atoms with E-state index in [-0.39, 0.29) is 11.4 Å². The van der Waals surface area contributed by atoms with Gasteiger partial charge in [0.2, 0.25) is 0 Å². The minimum absolute atomic E-state index is 0.161. The molecule has 3 fully saturated rings. The molecule has 0 spiro atoms. The maximum atomic E-state index is 11.9. The number of pyridine rings is 2. The van der Waals surface area contributed by atoms with Crippen molar-refractivity contribution in [3.05, 3.63) is 48.0 Å². The van der Waals surface area contributed by atoms with Crippen LogP contribution < -0.4 is 10.1 Å². The van der Waals surface area contributed by atoms with Crippen molar-refractivity contribution in [2.75, 3.05) is 6.61 Å². The van der Waals surface area contributed by atoms with Gasteiger partial charge in [-0.15, -0.1) is 6.42 Å². The number of ether oxygens (including phenoxy) is 1. The first kappa shape index (κ1) is 22.9. The van der Waals surface area contributed by atoms with Gasteiger partial charge in [0.1, 0.15) is 11.8 Å². The van der Waals surface area contributed by atoms with Crippen LogP contribution in [0.2, 0.25) is 0 Å². The molecule has 3 aromatic heterocycles. The monoisotopic (exact) mass is 467 g/mol. The Bertz CT molecular complexity index is 1330. The molecule has 3 heterocycles. The Balaban J connectivity index is 1.35. The fourth-order valence-electron chi connectivity index (χ4n) is 6.16. The van der Waals surface area contributed by atoms with E-state index in [2.05, 4.69) is 41.5 Å². The Morgan fingerprint density at radius 1 is 1.31 bits per heavy atom. The van der Waals surface area contributed by atoms with Gasteiger partial charge in [0.05, 0.1) is 30.1 Å². The molecule has 1 N–H and O–H groups in total. The summed E-state index contributed by atoms with van der Waals surface area (Å²) in [6.07, 6.45) is 15.6. The summed E-state index contributed by atoms with van der Waals surface area (Å²) in [6, 6.07) is 8.33. The van der Waals surface area contributed by atoms with E-state index in [0.29, 0.717) is 35.7 Å². The molecule has 0 saturated heterocycles. The molecule has 3 aromatic rings. The lowest BCUT2D eigenvalue weighted by atomic mass is 9.50. The predicted molar refractivity (Wildman–Crippen MR) is 132 cm³/mol. The molecule has 2 bridgehead atoms. The Kier molecular flexibility index (Phi) is 5.94. The molecule has 2 atom stereocenters. The van der Waals surface area contributed by atoms with Crippen LogP contribution in [0.25, 0.3) is 16.6 Å². The number of carbonyl (C=O) groups excluding carboxylic acids is 1. The molecule has 3 saturated carbocycles. The van der Waals surface area contributed by atoms with Crippen molar-refractivity contribution in [3.8, 4) is 35.3 Å². The Morgan fingerprint density at radius 3 is 2.74 bits per heavy atom. The number of terminal acetylenes is 1. The highest BCUT2D eigenvalue weighted by molar-refractivity contribution is 5.93. The van der Waals surface area contributed by atoms with E-state index in [0.717, 1.165) is 48.0 Å². The fraction of sp³-hybridized carbons (Fsp3) is 0.429. The number of hydrogen-bond donors (Lipinski definition) is 1. The van der Waals surface area contributed by atoms with Gasteiger partial charge in [-0.3, -0.25) is 9.78 Å². The van der Waals surface area contributed by atoms with Gasteiger partial charge < -0.3 is 10.1 Å². The summed E-state index contributed by atoms with van der Waals surface area (Å²) in [5, 5.41) is 17.0. The van der Waals surface area contributed by atoms with Crippen LogP contribution in [0.1, 0.15) is 50.8 Å². The summed E-state index contributed by atoms with van der Waals surface area (Å²) < 4.78 is 7.41. The number of carbonyl (C=O) groups is 1. The van der Waals surface area contributed by atoms with Gasteiger partial charge in [-0.1, -0.05) is 13.0 Å². The standard InChI is InChI=1S/C28H29N5O2/c1-4-26(34)32-28(5-2)12-19-9-20(13-28)24(19)10-22-8-7-18(15-30-22)25-11-23(35-6-3)17-33-27(25)21(14-29)16-31-33/h1,7-8,11,15-17,19-20,24H,5-6,9-10,12-13H2,2-3H3,(H,32,34). The minimum Gasteiger partial charge on any atom is -0.492 e. The zero-order valence-corrected chi connectivity index (χ0v) is 20.1. The van der Waals surface area contributed by atoms with E-state index >= 15 is 0 Å². The lowest BCUT2D eigenvalue weighted by Crippen LogP contribution is -2.60. The van der Waals surface area contributed by atoms with Crippen molar-refractivity contribution >= 4 is 11.4 Å². The van der Waals surface area contributed by atoms with Crippen molar-refractivity contribution in [3.63, 3.8) is 0 Å². The summed E-state index contributed by atoms with van der Waals surface area (Å²) in [4.78, 5) is 16.7. The molecule has 7 nitrogen and oxygen atoms in total. The van der Waals surface area contributed by atoms with Crippen LogP contribution in [0.15, 0.2) is 36.8 Å². The molecule has 0 aromatic carbocycles. The second-order valence-electron chi connectivity index (χ2n) is 9.79. The van der Waals surface area contributed by atoms with Crippen molar-refractivity contribution in [2.24, 2.45) is 17.8 Å². The summed E-state index contributed by atoms with van der Waals surface area (Å²) in [5.41, 5.74) is 3.98. The average molecular weight is 468 g/mol. The lowest BCUT2D eigenvalue weighted by Gasteiger charge is -2.57. The molecule has 1 amide bonds. The molecule has 6 rings (SSSR count). The number of nitrogens with one attached hydrogen (secondary N) is 1. The van der Waals surface area contributed by atoms with E-state index in [1.807, 2.05) is 19.2 Å². The third-order valence-electron chi connectivity index (χ3n) is 7.91. The first-order valence-corrected chi connectivity index (χ1v) is 12.3. The van der Waals surface area contributed by atoms with E-state index in [9.17, 15) is 10.1 Å². The number of rotatable bonds is 7. The SMILES string of the molecule is C#CC(=O)NC1(CC)CC2CC(C1)C2Cc1ccc(-c2cc(OCC)cn3ncc(C#N)c23)cn1. The van der Waals surface area contributed by atoms with Crippen LogP contribution in [0, 0.1) is 41.4 Å². The minimum atomic E-state index is -0.304. The second kappa shape index (κ2) is 9.07. The summed E-state index contributed by atoms with van der Waals surface area (Å²) in [7, 11) is 0. The maximum absolute atomic E-state index is 11.9. The Labute approximate surface area is 205 Å². The van der Waals surface area contributed by atoms with Crippen LogP contribution in [0.3, 0.4) is 0 Å². The first-order chi connectivity index (χ1) is 17.0. The van der Waals surface area contributed by atoms with Crippen molar-refractivity contribution in [1.82, 2.24) is 19.9 Å². The van der Waals surface area contributed by atoms with Gasteiger partial charge in [0.25, 0.3) is 5.91 Å². The van der Waals surface area contributed by atoms with E-state index < -0.39 is 0 Å². The highest BCUT2D eigenvalue weighted by Crippen LogP contribution is 2.56. The molecule has 2 unspecified atom stereocenters. The first-order valence-electron chi connectivity index (χ1n) is 12.3. The average Bonchev–Trinajstić information content (AvgIpc) is 3.30. The smallest absolute Gasteiger partial charge is 0.296 e. The van der Waals surface area contributed by atoms with Crippen LogP contribution in [-0.4, -0.2) is 32.7 Å². The largest absolute Gasteiger partial charge is 0.492 e. The normalized spacial score (nSPS) is 24.7. The number of nitriles is 1. The molecule has 0 aliphatic heterocycles. The van der Waals surface area contributed by atoms with Crippen LogP contribution >= 0.6 is 0 Å².